The predicted octanol–water partition coefficient (Wildman–Crippen LogP) is 3.67. The second-order valence-corrected chi connectivity index (χ2v) is 8.96. The fourth-order valence-electron chi connectivity index (χ4n) is 2.59. The van der Waals surface area contributed by atoms with Crippen molar-refractivity contribution in [2.45, 2.75) is 18.7 Å². The molecule has 0 unspecified atom stereocenters. The number of aryl methyl sites for hydroxylation is 2. The normalized spacial score (nSPS) is 11.0. The zero-order valence-corrected chi connectivity index (χ0v) is 18.6. The average molecular weight is 491 g/mol. The van der Waals surface area contributed by atoms with Gasteiger partial charge in [0.15, 0.2) is 6.61 Å². The largest absolute Gasteiger partial charge is 0.484 e. The first-order valence-electron chi connectivity index (χ1n) is 8.85. The van der Waals surface area contributed by atoms with Crippen LogP contribution in [0.2, 0.25) is 0 Å². The average Bonchev–Trinajstić information content (AvgIpc) is 2.66. The van der Waals surface area contributed by atoms with Crippen LogP contribution in [-0.4, -0.2) is 30.9 Å². The van der Waals surface area contributed by atoms with E-state index in [1.807, 2.05) is 6.07 Å². The van der Waals surface area contributed by atoms with Gasteiger partial charge in [0.05, 0.1) is 4.90 Å². The van der Waals surface area contributed by atoms with E-state index in [-0.39, 0.29) is 23.2 Å². The number of halogens is 1. The van der Waals surface area contributed by atoms with Gasteiger partial charge >= 0.3 is 0 Å². The molecule has 3 aromatic rings. The first-order chi connectivity index (χ1) is 14.2. The summed E-state index contributed by atoms with van der Waals surface area (Å²) in [6, 6.07) is 14.5. The Labute approximate surface area is 182 Å². The molecule has 1 aromatic heterocycles. The van der Waals surface area contributed by atoms with Gasteiger partial charge in [-0.2, -0.15) is 0 Å². The lowest BCUT2D eigenvalue weighted by atomic mass is 10.3. The summed E-state index contributed by atoms with van der Waals surface area (Å²) in [6.07, 6.45) is 0. The van der Waals surface area contributed by atoms with Gasteiger partial charge in [-0.25, -0.2) is 18.4 Å². The van der Waals surface area contributed by atoms with Gasteiger partial charge in [0.2, 0.25) is 0 Å². The van der Waals surface area contributed by atoms with E-state index in [1.54, 1.807) is 38.1 Å². The van der Waals surface area contributed by atoms with Crippen molar-refractivity contribution in [3.05, 3.63) is 70.6 Å². The van der Waals surface area contributed by atoms with Crippen molar-refractivity contribution in [2.24, 2.45) is 0 Å². The fraction of sp³-hybridized carbons (Fsp3) is 0.150. The monoisotopic (exact) mass is 490 g/mol. The third-order valence-electron chi connectivity index (χ3n) is 3.82. The van der Waals surface area contributed by atoms with Crippen molar-refractivity contribution in [3.63, 3.8) is 0 Å². The summed E-state index contributed by atoms with van der Waals surface area (Å²) in [4.78, 5) is 20.3. The van der Waals surface area contributed by atoms with E-state index in [0.717, 1.165) is 4.47 Å². The van der Waals surface area contributed by atoms with Crippen molar-refractivity contribution in [2.75, 3.05) is 16.6 Å². The molecule has 3 rings (SSSR count). The summed E-state index contributed by atoms with van der Waals surface area (Å²) < 4.78 is 33.8. The Morgan fingerprint density at radius 3 is 2.47 bits per heavy atom. The van der Waals surface area contributed by atoms with Gasteiger partial charge in [0.1, 0.15) is 17.4 Å². The molecule has 0 radical (unpaired) electrons. The Morgan fingerprint density at radius 2 is 1.80 bits per heavy atom. The minimum Gasteiger partial charge on any atom is -0.484 e. The third-order valence-corrected chi connectivity index (χ3v) is 5.68. The summed E-state index contributed by atoms with van der Waals surface area (Å²) in [5.74, 6) is 0.857. The number of anilines is 2. The minimum atomic E-state index is -3.82. The van der Waals surface area contributed by atoms with Crippen LogP contribution in [0.3, 0.4) is 0 Å². The Kier molecular flexibility index (Phi) is 6.68. The second kappa shape index (κ2) is 9.23. The quantitative estimate of drug-likeness (QED) is 0.522. The predicted molar refractivity (Wildman–Crippen MR) is 117 cm³/mol. The summed E-state index contributed by atoms with van der Waals surface area (Å²) in [6.45, 7) is 3.26. The number of ether oxygens (including phenoxy) is 1. The number of amides is 1. The molecule has 0 fully saturated rings. The van der Waals surface area contributed by atoms with E-state index in [4.69, 9.17) is 4.74 Å². The topological polar surface area (TPSA) is 110 Å². The van der Waals surface area contributed by atoms with Crippen molar-refractivity contribution >= 4 is 43.4 Å². The number of hydrogen-bond acceptors (Lipinski definition) is 6. The molecule has 10 heteroatoms. The molecule has 1 amide bonds. The molecule has 30 heavy (non-hydrogen) atoms. The van der Waals surface area contributed by atoms with Crippen molar-refractivity contribution < 1.29 is 17.9 Å². The molecule has 2 N–H and O–H groups in total. The summed E-state index contributed by atoms with van der Waals surface area (Å²) in [5.41, 5.74) is 1.11. The highest BCUT2D eigenvalue weighted by molar-refractivity contribution is 9.10. The third kappa shape index (κ3) is 6.01. The highest BCUT2D eigenvalue weighted by Gasteiger charge is 2.16. The van der Waals surface area contributed by atoms with E-state index in [2.05, 4.69) is 35.9 Å². The standard InChI is InChI=1S/C20H19BrN4O4S/c1-13-10-19(23-14(2)22-13)25-30(27,28)18-8-6-16(7-9-18)24-20(26)12-29-17-5-3-4-15(21)11-17/h3-11H,12H2,1-2H3,(H,24,26)(H,22,23,25). The molecule has 1 heterocycles. The van der Waals surface area contributed by atoms with E-state index in [9.17, 15) is 13.2 Å². The maximum Gasteiger partial charge on any atom is 0.263 e. The van der Waals surface area contributed by atoms with Gasteiger partial charge in [0, 0.05) is 21.9 Å². The smallest absolute Gasteiger partial charge is 0.263 e. The highest BCUT2D eigenvalue weighted by Crippen LogP contribution is 2.19. The number of benzene rings is 2. The number of nitrogens with zero attached hydrogens (tertiary/aromatic N) is 2. The fourth-order valence-corrected chi connectivity index (χ4v) is 3.96. The van der Waals surface area contributed by atoms with Crippen LogP contribution in [0.5, 0.6) is 5.75 Å². The maximum absolute atomic E-state index is 12.6. The van der Waals surface area contributed by atoms with Crippen LogP contribution in [0.15, 0.2) is 64.0 Å². The molecule has 2 aromatic carbocycles. The number of carbonyl (C=O) groups is 1. The van der Waals surface area contributed by atoms with Crippen LogP contribution in [0, 0.1) is 13.8 Å². The molecule has 0 aliphatic heterocycles. The van der Waals surface area contributed by atoms with Crippen LogP contribution in [0.1, 0.15) is 11.5 Å². The zero-order valence-electron chi connectivity index (χ0n) is 16.2. The SMILES string of the molecule is Cc1cc(NS(=O)(=O)c2ccc(NC(=O)COc3cccc(Br)c3)cc2)nc(C)n1. The van der Waals surface area contributed by atoms with Crippen molar-refractivity contribution in [1.29, 1.82) is 0 Å². The first-order valence-corrected chi connectivity index (χ1v) is 11.1. The van der Waals surface area contributed by atoms with Gasteiger partial charge in [-0.1, -0.05) is 22.0 Å². The van der Waals surface area contributed by atoms with Gasteiger partial charge in [0.25, 0.3) is 15.9 Å². The van der Waals surface area contributed by atoms with E-state index in [0.29, 0.717) is 23.0 Å². The maximum atomic E-state index is 12.6. The number of sulfonamides is 1. The number of aromatic nitrogens is 2. The Bertz CT molecular complexity index is 1150. The molecule has 0 aliphatic rings. The second-order valence-electron chi connectivity index (χ2n) is 6.37. The lowest BCUT2D eigenvalue weighted by Gasteiger charge is -2.10. The molecular formula is C20H19BrN4O4S. The highest BCUT2D eigenvalue weighted by atomic mass is 79.9. The van der Waals surface area contributed by atoms with Gasteiger partial charge in [-0.15, -0.1) is 0 Å². The van der Waals surface area contributed by atoms with Gasteiger partial charge < -0.3 is 10.1 Å². The lowest BCUT2D eigenvalue weighted by molar-refractivity contribution is -0.118. The van der Waals surface area contributed by atoms with Crippen LogP contribution in [-0.2, 0) is 14.8 Å². The zero-order chi connectivity index (χ0) is 21.7. The molecule has 0 bridgehead atoms. The van der Waals surface area contributed by atoms with Gasteiger partial charge in [-0.05, 0) is 56.3 Å². The van der Waals surface area contributed by atoms with E-state index in [1.165, 1.54) is 24.3 Å². The van der Waals surface area contributed by atoms with E-state index < -0.39 is 10.0 Å². The Balaban J connectivity index is 1.61. The molecule has 156 valence electrons. The summed E-state index contributed by atoms with van der Waals surface area (Å²) in [7, 11) is -3.82. The lowest BCUT2D eigenvalue weighted by Crippen LogP contribution is -2.20. The van der Waals surface area contributed by atoms with Crippen LogP contribution in [0.25, 0.3) is 0 Å². The Hall–Kier alpha value is -2.98. The molecule has 8 nitrogen and oxygen atoms in total. The summed E-state index contributed by atoms with van der Waals surface area (Å²) in [5, 5.41) is 2.66. The molecule has 0 atom stereocenters. The van der Waals surface area contributed by atoms with Crippen molar-refractivity contribution in [3.8, 4) is 5.75 Å². The molecule has 0 saturated heterocycles. The molecule has 0 aliphatic carbocycles. The number of rotatable bonds is 7. The van der Waals surface area contributed by atoms with Crippen LogP contribution in [0.4, 0.5) is 11.5 Å². The van der Waals surface area contributed by atoms with Crippen LogP contribution >= 0.6 is 15.9 Å². The minimum absolute atomic E-state index is 0.0415. The summed E-state index contributed by atoms with van der Waals surface area (Å²) >= 11 is 3.33. The Morgan fingerprint density at radius 1 is 1.07 bits per heavy atom. The van der Waals surface area contributed by atoms with Gasteiger partial charge in [-0.3, -0.25) is 9.52 Å². The number of nitrogens with one attached hydrogen (secondary N) is 2. The molecule has 0 saturated carbocycles. The van der Waals surface area contributed by atoms with Crippen molar-refractivity contribution in [1.82, 2.24) is 9.97 Å². The number of carbonyl (C=O) groups excluding carboxylic acids is 1. The number of hydrogen-bond donors (Lipinski definition) is 2. The molecular weight excluding hydrogens is 472 g/mol. The first kappa shape index (κ1) is 21.7. The van der Waals surface area contributed by atoms with E-state index >= 15 is 0 Å². The van der Waals surface area contributed by atoms with Crippen LogP contribution < -0.4 is 14.8 Å². The molecule has 0 spiro atoms.